The monoisotopic (exact) mass is 570 g/mol. The van der Waals surface area contributed by atoms with Gasteiger partial charge in [0.2, 0.25) is 5.91 Å². The molecule has 0 saturated carbocycles. The molecule has 1 amide bonds. The zero-order valence-corrected chi connectivity index (χ0v) is 18.0. The van der Waals surface area contributed by atoms with Crippen LogP contribution in [-0.2, 0) is 4.79 Å². The predicted molar refractivity (Wildman–Crippen MR) is 110 cm³/mol. The Balaban J connectivity index is 1.71. The molecule has 4 heterocycles. The Bertz CT molecular complexity index is 1180. The summed E-state index contributed by atoms with van der Waals surface area (Å²) in [4.78, 5) is 27.9. The van der Waals surface area contributed by atoms with E-state index in [0.29, 0.717) is 21.5 Å². The predicted octanol–water partition coefficient (Wildman–Crippen LogP) is 3.66. The molecule has 1 aliphatic rings. The standard InChI is InChI=1S/C18H13F6IN6O/c19-11-5-28-14(10-4-27-13-9(10)1-8(25)3-26-13)30-15(11)31-7-17(20,21)2-12(31)16(32)29-6-18(22,23)24/h1,3-5,12H,2,6-7H2,(H,26,27)(H,29,32)/t12-/m1/s1. The van der Waals surface area contributed by atoms with E-state index >= 15 is 0 Å². The summed E-state index contributed by atoms with van der Waals surface area (Å²) in [6.45, 7) is -2.78. The number of amides is 1. The highest BCUT2D eigenvalue weighted by molar-refractivity contribution is 14.1. The fourth-order valence-electron chi connectivity index (χ4n) is 3.43. The molecule has 1 saturated heterocycles. The van der Waals surface area contributed by atoms with Crippen LogP contribution < -0.4 is 10.2 Å². The molecule has 3 aromatic rings. The smallest absolute Gasteiger partial charge is 0.345 e. The van der Waals surface area contributed by atoms with E-state index in [2.05, 4.69) is 19.9 Å². The van der Waals surface area contributed by atoms with Gasteiger partial charge in [-0.15, -0.1) is 0 Å². The quantitative estimate of drug-likeness (QED) is 0.370. The van der Waals surface area contributed by atoms with Crippen molar-refractivity contribution in [2.45, 2.75) is 24.6 Å². The highest BCUT2D eigenvalue weighted by Crippen LogP contribution is 2.37. The number of hydrogen-bond acceptors (Lipinski definition) is 5. The van der Waals surface area contributed by atoms with Crippen molar-refractivity contribution >= 4 is 45.3 Å². The van der Waals surface area contributed by atoms with E-state index in [9.17, 15) is 31.1 Å². The number of nitrogens with one attached hydrogen (secondary N) is 2. The number of fused-ring (bicyclic) bond motifs is 1. The van der Waals surface area contributed by atoms with Crippen LogP contribution in [0.25, 0.3) is 22.4 Å². The lowest BCUT2D eigenvalue weighted by atomic mass is 10.1. The molecule has 1 atom stereocenters. The fraction of sp³-hybridized carbons (Fsp3) is 0.333. The van der Waals surface area contributed by atoms with Crippen molar-refractivity contribution in [3.05, 3.63) is 34.0 Å². The van der Waals surface area contributed by atoms with Crippen LogP contribution in [-0.4, -0.2) is 57.1 Å². The Morgan fingerprint density at radius 3 is 2.78 bits per heavy atom. The van der Waals surface area contributed by atoms with Crippen LogP contribution in [0.15, 0.2) is 24.7 Å². The molecular formula is C18H13F6IN6O. The molecule has 4 rings (SSSR count). The average Bonchev–Trinajstić information content (AvgIpc) is 3.26. The first kappa shape index (κ1) is 22.5. The SMILES string of the molecule is O=C(NCC(F)(F)F)[C@H]1CC(F)(F)CN1c1nc(-c2c[nH]c3ncc(I)cc23)ncc1F. The maximum atomic E-state index is 14.6. The first-order valence-corrected chi connectivity index (χ1v) is 10.2. The first-order valence-electron chi connectivity index (χ1n) is 9.08. The van der Waals surface area contributed by atoms with Crippen molar-refractivity contribution < 1.29 is 31.1 Å². The molecule has 0 spiro atoms. The summed E-state index contributed by atoms with van der Waals surface area (Å²) in [7, 11) is 0. The van der Waals surface area contributed by atoms with Gasteiger partial charge in [-0.2, -0.15) is 13.2 Å². The number of H-pyrrole nitrogens is 1. The van der Waals surface area contributed by atoms with Gasteiger partial charge in [-0.05, 0) is 28.7 Å². The van der Waals surface area contributed by atoms with Crippen molar-refractivity contribution in [3.8, 4) is 11.4 Å². The van der Waals surface area contributed by atoms with Crippen LogP contribution in [0.2, 0.25) is 0 Å². The van der Waals surface area contributed by atoms with E-state index in [4.69, 9.17) is 0 Å². The molecule has 32 heavy (non-hydrogen) atoms. The lowest BCUT2D eigenvalue weighted by Crippen LogP contribution is -2.46. The van der Waals surface area contributed by atoms with Crippen molar-refractivity contribution in [2.24, 2.45) is 0 Å². The second-order valence-electron chi connectivity index (χ2n) is 7.15. The summed E-state index contributed by atoms with van der Waals surface area (Å²) in [5.74, 6) is -6.45. The van der Waals surface area contributed by atoms with Crippen molar-refractivity contribution in [2.75, 3.05) is 18.0 Å². The van der Waals surface area contributed by atoms with Gasteiger partial charge < -0.3 is 15.2 Å². The van der Waals surface area contributed by atoms with E-state index in [1.165, 1.54) is 6.20 Å². The van der Waals surface area contributed by atoms with Gasteiger partial charge in [0.25, 0.3) is 5.92 Å². The third-order valence-electron chi connectivity index (χ3n) is 4.77. The summed E-state index contributed by atoms with van der Waals surface area (Å²) in [5.41, 5.74) is 0.906. The highest BCUT2D eigenvalue weighted by Gasteiger charge is 2.49. The highest BCUT2D eigenvalue weighted by atomic mass is 127. The van der Waals surface area contributed by atoms with Gasteiger partial charge in [-0.3, -0.25) is 4.79 Å². The topological polar surface area (TPSA) is 86.8 Å². The summed E-state index contributed by atoms with van der Waals surface area (Å²) in [5, 5.41) is 2.17. The lowest BCUT2D eigenvalue weighted by Gasteiger charge is -2.25. The number of aromatic amines is 1. The molecule has 2 N–H and O–H groups in total. The molecule has 1 aliphatic heterocycles. The van der Waals surface area contributed by atoms with E-state index in [-0.39, 0.29) is 5.82 Å². The minimum atomic E-state index is -4.73. The van der Waals surface area contributed by atoms with Crippen LogP contribution in [0, 0.1) is 9.39 Å². The Morgan fingerprint density at radius 1 is 1.31 bits per heavy atom. The van der Waals surface area contributed by atoms with Crippen LogP contribution in [0.4, 0.5) is 32.2 Å². The van der Waals surface area contributed by atoms with Crippen LogP contribution >= 0.6 is 22.6 Å². The van der Waals surface area contributed by atoms with Crippen LogP contribution in [0.1, 0.15) is 6.42 Å². The molecule has 0 aromatic carbocycles. The van der Waals surface area contributed by atoms with Gasteiger partial charge in [0.05, 0.1) is 12.7 Å². The second kappa shape index (κ2) is 8.04. The molecule has 170 valence electrons. The zero-order chi connectivity index (χ0) is 23.3. The molecular weight excluding hydrogens is 557 g/mol. The Kier molecular flexibility index (Phi) is 5.67. The Labute approximate surface area is 189 Å². The van der Waals surface area contributed by atoms with Crippen LogP contribution in [0.3, 0.4) is 0 Å². The van der Waals surface area contributed by atoms with E-state index in [0.717, 1.165) is 9.77 Å². The minimum absolute atomic E-state index is 0.0267. The third kappa shape index (κ3) is 4.59. The molecule has 0 bridgehead atoms. The number of halogens is 7. The molecule has 0 aliphatic carbocycles. The maximum Gasteiger partial charge on any atom is 0.405 e. The molecule has 14 heteroatoms. The number of alkyl halides is 5. The minimum Gasteiger partial charge on any atom is -0.345 e. The second-order valence-corrected chi connectivity index (χ2v) is 8.40. The molecule has 7 nitrogen and oxygen atoms in total. The first-order chi connectivity index (χ1) is 14.9. The fourth-order valence-corrected chi connectivity index (χ4v) is 3.88. The summed E-state index contributed by atoms with van der Waals surface area (Å²) < 4.78 is 80.9. The van der Waals surface area contributed by atoms with Gasteiger partial charge >= 0.3 is 6.18 Å². The van der Waals surface area contributed by atoms with Gasteiger partial charge in [-0.25, -0.2) is 28.1 Å². The number of carbonyl (C=O) groups is 1. The van der Waals surface area contributed by atoms with Crippen molar-refractivity contribution in [1.29, 1.82) is 0 Å². The van der Waals surface area contributed by atoms with E-state index < -0.39 is 55.2 Å². The summed E-state index contributed by atoms with van der Waals surface area (Å²) >= 11 is 2.04. The number of aromatic nitrogens is 4. The van der Waals surface area contributed by atoms with Crippen molar-refractivity contribution in [1.82, 2.24) is 25.3 Å². The molecule has 0 unspecified atom stereocenters. The normalized spacial score (nSPS) is 18.3. The van der Waals surface area contributed by atoms with E-state index in [1.54, 1.807) is 17.6 Å². The van der Waals surface area contributed by atoms with Crippen molar-refractivity contribution in [3.63, 3.8) is 0 Å². The molecule has 1 fully saturated rings. The number of hydrogen-bond donors (Lipinski definition) is 2. The third-order valence-corrected chi connectivity index (χ3v) is 5.36. The summed E-state index contributed by atoms with van der Waals surface area (Å²) in [6.07, 6.45) is -1.92. The number of rotatable bonds is 4. The van der Waals surface area contributed by atoms with Gasteiger partial charge in [0.15, 0.2) is 17.5 Å². The number of pyridine rings is 1. The maximum absolute atomic E-state index is 14.6. The lowest BCUT2D eigenvalue weighted by molar-refractivity contribution is -0.139. The number of anilines is 1. The zero-order valence-electron chi connectivity index (χ0n) is 15.9. The van der Waals surface area contributed by atoms with Crippen LogP contribution in [0.5, 0.6) is 0 Å². The Morgan fingerprint density at radius 2 is 2.06 bits per heavy atom. The molecule has 3 aromatic heterocycles. The summed E-state index contributed by atoms with van der Waals surface area (Å²) in [6, 6.07) is 0.0218. The molecule has 0 radical (unpaired) electrons. The Hall–Kier alpha value is -2.65. The largest absolute Gasteiger partial charge is 0.405 e. The van der Waals surface area contributed by atoms with E-state index in [1.807, 2.05) is 22.6 Å². The number of carbonyl (C=O) groups excluding carboxylic acids is 1. The number of nitrogens with zero attached hydrogens (tertiary/aromatic N) is 4. The van der Waals surface area contributed by atoms with Gasteiger partial charge in [0.1, 0.15) is 18.2 Å². The average molecular weight is 570 g/mol. The van der Waals surface area contributed by atoms with Gasteiger partial charge in [0, 0.05) is 33.3 Å². The van der Waals surface area contributed by atoms with Gasteiger partial charge in [-0.1, -0.05) is 0 Å².